The number of phenolic OH excluding ortho intramolecular Hbond substituents is 1. The van der Waals surface area contributed by atoms with Crippen LogP contribution in [0.1, 0.15) is 44.4 Å². The lowest BCUT2D eigenvalue weighted by Gasteiger charge is -2.09. The number of hydrogen-bond acceptors (Lipinski definition) is 2. The molecule has 0 aliphatic rings. The number of anilines is 1. The van der Waals surface area contributed by atoms with Crippen molar-refractivity contribution in [1.29, 1.82) is 0 Å². The van der Waals surface area contributed by atoms with Crippen molar-refractivity contribution in [2.24, 2.45) is 0 Å². The highest BCUT2D eigenvalue weighted by Crippen LogP contribution is 2.19. The lowest BCUT2D eigenvalue weighted by molar-refractivity contribution is 0.469. The van der Waals surface area contributed by atoms with E-state index in [2.05, 4.69) is 24.4 Å². The van der Waals surface area contributed by atoms with Crippen LogP contribution in [0.5, 0.6) is 5.75 Å². The monoisotopic (exact) mass is 287 g/mol. The summed E-state index contributed by atoms with van der Waals surface area (Å²) in [6, 6.07) is 13.9. The molecule has 2 aromatic rings. The Morgan fingerprint density at radius 1 is 0.810 bits per heavy atom. The highest BCUT2D eigenvalue weighted by molar-refractivity contribution is 5.46. The predicted octanol–water partition coefficient (Wildman–Crippen LogP) is 5.67. The molecule has 0 aliphatic heterocycles. The van der Waals surface area contributed by atoms with Gasteiger partial charge in [-0.15, -0.1) is 0 Å². The van der Waals surface area contributed by atoms with Crippen LogP contribution in [-0.4, -0.2) is 5.11 Å². The predicted molar refractivity (Wildman–Crippen MR) is 94.0 cm³/mol. The Labute approximate surface area is 129 Å². The van der Waals surface area contributed by atoms with E-state index in [1.807, 2.05) is 58.9 Å². The Morgan fingerprint density at radius 2 is 1.33 bits per heavy atom. The summed E-state index contributed by atoms with van der Waals surface area (Å²) in [6.07, 6.45) is 0. The average molecular weight is 287 g/mol. The van der Waals surface area contributed by atoms with Crippen molar-refractivity contribution in [3.05, 3.63) is 59.2 Å². The maximum atomic E-state index is 9.72. The number of nitrogens with one attached hydrogen (secondary N) is 1. The molecule has 0 fully saturated rings. The fourth-order valence-corrected chi connectivity index (χ4v) is 1.72. The van der Waals surface area contributed by atoms with Crippen LogP contribution in [0.15, 0.2) is 42.5 Å². The zero-order valence-corrected chi connectivity index (χ0v) is 14.2. The second-order valence-corrected chi connectivity index (χ2v) is 4.35. The molecule has 0 unspecified atom stereocenters. The highest BCUT2D eigenvalue weighted by Gasteiger charge is 2.01. The second kappa shape index (κ2) is 10.8. The summed E-state index contributed by atoms with van der Waals surface area (Å²) >= 11 is 0. The van der Waals surface area contributed by atoms with Crippen molar-refractivity contribution in [3.63, 3.8) is 0 Å². The summed E-state index contributed by atoms with van der Waals surface area (Å²) < 4.78 is 0. The molecule has 2 nitrogen and oxygen atoms in total. The lowest BCUT2D eigenvalue weighted by atomic mass is 10.1. The van der Waals surface area contributed by atoms with Gasteiger partial charge in [0, 0.05) is 17.8 Å². The van der Waals surface area contributed by atoms with Crippen molar-refractivity contribution >= 4 is 5.69 Å². The van der Waals surface area contributed by atoms with E-state index in [1.165, 1.54) is 5.56 Å². The van der Waals surface area contributed by atoms with Crippen LogP contribution in [0.4, 0.5) is 5.69 Å². The first-order valence-electron chi connectivity index (χ1n) is 7.74. The third-order valence-electron chi connectivity index (χ3n) is 2.77. The van der Waals surface area contributed by atoms with Crippen molar-refractivity contribution in [2.45, 2.75) is 48.1 Å². The van der Waals surface area contributed by atoms with Crippen molar-refractivity contribution < 1.29 is 5.11 Å². The van der Waals surface area contributed by atoms with Gasteiger partial charge in [-0.2, -0.15) is 0 Å². The van der Waals surface area contributed by atoms with Gasteiger partial charge < -0.3 is 10.4 Å². The molecule has 0 amide bonds. The number of rotatable bonds is 3. The summed E-state index contributed by atoms with van der Waals surface area (Å²) in [5.74, 6) is 0.343. The van der Waals surface area contributed by atoms with Crippen LogP contribution in [0.25, 0.3) is 0 Å². The van der Waals surface area contributed by atoms with Gasteiger partial charge in [-0.25, -0.2) is 0 Å². The molecule has 0 atom stereocenters. The number of benzene rings is 2. The molecule has 2 rings (SSSR count). The van der Waals surface area contributed by atoms with Gasteiger partial charge in [-0.3, -0.25) is 0 Å². The van der Waals surface area contributed by atoms with Crippen LogP contribution < -0.4 is 5.32 Å². The first-order chi connectivity index (χ1) is 10.1. The van der Waals surface area contributed by atoms with Crippen LogP contribution >= 0.6 is 0 Å². The van der Waals surface area contributed by atoms with E-state index in [0.717, 1.165) is 16.8 Å². The van der Waals surface area contributed by atoms with Gasteiger partial charge in [0.05, 0.1) is 0 Å². The Morgan fingerprint density at radius 3 is 1.90 bits per heavy atom. The van der Waals surface area contributed by atoms with Gasteiger partial charge in [0.1, 0.15) is 5.75 Å². The van der Waals surface area contributed by atoms with Crippen LogP contribution in [0.2, 0.25) is 0 Å². The minimum atomic E-state index is 0.343. The fraction of sp³-hybridized carbons (Fsp3) is 0.368. The summed E-state index contributed by atoms with van der Waals surface area (Å²) in [4.78, 5) is 0. The van der Waals surface area contributed by atoms with Crippen LogP contribution in [-0.2, 0) is 6.54 Å². The molecular formula is C19H29NO. The van der Waals surface area contributed by atoms with Crippen molar-refractivity contribution in [1.82, 2.24) is 0 Å². The van der Waals surface area contributed by atoms with Crippen molar-refractivity contribution in [3.8, 4) is 5.75 Å². The van der Waals surface area contributed by atoms with Gasteiger partial charge in [-0.1, -0.05) is 63.1 Å². The average Bonchev–Trinajstić information content (AvgIpc) is 2.54. The van der Waals surface area contributed by atoms with Gasteiger partial charge in [0.2, 0.25) is 0 Å². The molecule has 116 valence electrons. The molecule has 21 heavy (non-hydrogen) atoms. The lowest BCUT2D eigenvalue weighted by Crippen LogP contribution is -1.99. The molecule has 0 bridgehead atoms. The Kier molecular flexibility index (Phi) is 9.78. The van der Waals surface area contributed by atoms with E-state index in [9.17, 15) is 5.11 Å². The summed E-state index contributed by atoms with van der Waals surface area (Å²) in [6.45, 7) is 12.7. The van der Waals surface area contributed by atoms with Gasteiger partial charge in [0.25, 0.3) is 0 Å². The minimum Gasteiger partial charge on any atom is -0.508 e. The molecule has 2 heteroatoms. The second-order valence-electron chi connectivity index (χ2n) is 4.35. The molecule has 2 N–H and O–H groups in total. The topological polar surface area (TPSA) is 32.3 Å². The van der Waals surface area contributed by atoms with E-state index in [4.69, 9.17) is 0 Å². The molecule has 0 aromatic heterocycles. The number of hydrogen-bond donors (Lipinski definition) is 2. The summed E-state index contributed by atoms with van der Waals surface area (Å²) in [5, 5.41) is 13.0. The smallest absolute Gasteiger partial charge is 0.120 e. The van der Waals surface area contributed by atoms with E-state index in [1.54, 1.807) is 6.07 Å². The first kappa shape index (κ1) is 19.0. The zero-order valence-electron chi connectivity index (χ0n) is 14.2. The molecule has 0 saturated carbocycles. The SMILES string of the molecule is CC.CC.Cc1ccc(NCc2cc(C)ccc2O)cc1. The number of aromatic hydroxyl groups is 1. The standard InChI is InChI=1S/C15H17NO.2C2H6/c1-11-3-6-14(7-4-11)16-10-13-9-12(2)5-8-15(13)17;2*1-2/h3-9,16-17H,10H2,1-2H3;2*1-2H3. The van der Waals surface area contributed by atoms with E-state index >= 15 is 0 Å². The minimum absolute atomic E-state index is 0.343. The maximum Gasteiger partial charge on any atom is 0.120 e. The third-order valence-corrected chi connectivity index (χ3v) is 2.77. The molecule has 0 aliphatic carbocycles. The molecular weight excluding hydrogens is 258 g/mol. The van der Waals surface area contributed by atoms with E-state index < -0.39 is 0 Å². The highest BCUT2D eigenvalue weighted by atomic mass is 16.3. The number of phenols is 1. The molecule has 0 radical (unpaired) electrons. The zero-order chi connectivity index (χ0) is 16.3. The molecule has 2 aromatic carbocycles. The fourth-order valence-electron chi connectivity index (χ4n) is 1.72. The van der Waals surface area contributed by atoms with Gasteiger partial charge >= 0.3 is 0 Å². The Balaban J connectivity index is 0.000000921. The quantitative estimate of drug-likeness (QED) is 0.762. The van der Waals surface area contributed by atoms with E-state index in [-0.39, 0.29) is 0 Å². The Hall–Kier alpha value is -1.96. The summed E-state index contributed by atoms with van der Waals surface area (Å²) in [7, 11) is 0. The first-order valence-corrected chi connectivity index (χ1v) is 7.74. The normalized spacial score (nSPS) is 8.86. The molecule has 0 spiro atoms. The van der Waals surface area contributed by atoms with Crippen LogP contribution in [0, 0.1) is 13.8 Å². The maximum absolute atomic E-state index is 9.72. The number of aryl methyl sites for hydroxylation is 2. The third kappa shape index (κ3) is 6.84. The Bertz CT molecular complexity index is 503. The largest absolute Gasteiger partial charge is 0.508 e. The molecule has 0 saturated heterocycles. The van der Waals surface area contributed by atoms with Gasteiger partial charge in [-0.05, 0) is 32.0 Å². The van der Waals surface area contributed by atoms with Gasteiger partial charge in [0.15, 0.2) is 0 Å². The van der Waals surface area contributed by atoms with Crippen LogP contribution in [0.3, 0.4) is 0 Å². The molecule has 0 heterocycles. The van der Waals surface area contributed by atoms with Crippen molar-refractivity contribution in [2.75, 3.05) is 5.32 Å². The van der Waals surface area contributed by atoms with E-state index in [0.29, 0.717) is 12.3 Å². The summed E-state index contributed by atoms with van der Waals surface area (Å²) in [5.41, 5.74) is 4.39.